The lowest BCUT2D eigenvalue weighted by Gasteiger charge is -2.35. The van der Waals surface area contributed by atoms with Crippen LogP contribution in [0.2, 0.25) is 0 Å². The van der Waals surface area contributed by atoms with Crippen molar-refractivity contribution in [1.82, 2.24) is 0 Å². The van der Waals surface area contributed by atoms with Gasteiger partial charge in [-0.15, -0.1) is 0 Å². The summed E-state index contributed by atoms with van der Waals surface area (Å²) in [5.74, 6) is 0.537. The summed E-state index contributed by atoms with van der Waals surface area (Å²) in [6.45, 7) is 3.65. The van der Waals surface area contributed by atoms with Gasteiger partial charge in [0.2, 0.25) is 0 Å². The molecule has 2 aliphatic heterocycles. The van der Waals surface area contributed by atoms with E-state index in [1.54, 1.807) is 0 Å². The fraction of sp³-hybridized carbons (Fsp3) is 0.571. The monoisotopic (exact) mass is 280 g/mol. The Labute approximate surface area is 114 Å². The molecule has 1 aromatic rings. The third-order valence-electron chi connectivity index (χ3n) is 4.03. The molecule has 5 heteroatoms. The van der Waals surface area contributed by atoms with E-state index in [9.17, 15) is 8.42 Å². The maximum absolute atomic E-state index is 11.6. The average molecular weight is 280 g/mol. The quantitative estimate of drug-likeness (QED) is 0.850. The highest BCUT2D eigenvalue weighted by Gasteiger charge is 2.28. The summed E-state index contributed by atoms with van der Waals surface area (Å²) in [7, 11) is -2.84. The van der Waals surface area contributed by atoms with E-state index in [1.807, 2.05) is 6.92 Å². The van der Waals surface area contributed by atoms with E-state index >= 15 is 0 Å². The Morgan fingerprint density at radius 3 is 3.00 bits per heavy atom. The van der Waals surface area contributed by atoms with Crippen LogP contribution in [0.4, 0.5) is 11.4 Å². The highest BCUT2D eigenvalue weighted by atomic mass is 32.2. The average Bonchev–Trinajstić information content (AvgIpc) is 2.37. The third-order valence-corrected chi connectivity index (χ3v) is 5.82. The normalized spacial score (nSPS) is 25.5. The molecule has 19 heavy (non-hydrogen) atoms. The number of hydrogen-bond acceptors (Lipinski definition) is 4. The van der Waals surface area contributed by atoms with Crippen LogP contribution in [0.15, 0.2) is 18.2 Å². The van der Waals surface area contributed by atoms with Gasteiger partial charge in [-0.2, -0.15) is 0 Å². The molecule has 0 aliphatic carbocycles. The fourth-order valence-electron chi connectivity index (χ4n) is 3.02. The summed E-state index contributed by atoms with van der Waals surface area (Å²) in [4.78, 5) is 2.22. The van der Waals surface area contributed by atoms with Gasteiger partial charge in [0.25, 0.3) is 0 Å². The molecular weight excluding hydrogens is 260 g/mol. The van der Waals surface area contributed by atoms with Crippen LogP contribution < -0.4 is 10.2 Å². The highest BCUT2D eigenvalue weighted by molar-refractivity contribution is 7.91. The van der Waals surface area contributed by atoms with Crippen molar-refractivity contribution in [3.05, 3.63) is 23.8 Å². The SMILES string of the molecule is CC1CS(=O)(=O)CCN1c1ccc2c(c1)CCCN2. The Bertz CT molecular complexity index is 583. The molecule has 0 aromatic heterocycles. The van der Waals surface area contributed by atoms with Gasteiger partial charge in [0, 0.05) is 30.5 Å². The zero-order valence-electron chi connectivity index (χ0n) is 11.2. The van der Waals surface area contributed by atoms with E-state index in [4.69, 9.17) is 0 Å². The summed E-state index contributed by atoms with van der Waals surface area (Å²) in [5.41, 5.74) is 3.74. The molecule has 0 radical (unpaired) electrons. The molecule has 4 nitrogen and oxygen atoms in total. The molecule has 1 N–H and O–H groups in total. The number of anilines is 2. The molecule has 0 amide bonds. The van der Waals surface area contributed by atoms with Crippen LogP contribution in [-0.2, 0) is 16.3 Å². The Morgan fingerprint density at radius 2 is 2.21 bits per heavy atom. The lowest BCUT2D eigenvalue weighted by Crippen LogP contribution is -2.47. The van der Waals surface area contributed by atoms with E-state index in [-0.39, 0.29) is 17.5 Å². The van der Waals surface area contributed by atoms with Gasteiger partial charge in [0.1, 0.15) is 0 Å². The van der Waals surface area contributed by atoms with Crippen LogP contribution in [-0.4, -0.2) is 39.1 Å². The molecular formula is C14H20N2O2S. The maximum Gasteiger partial charge on any atom is 0.154 e. The molecule has 1 aromatic carbocycles. The molecule has 0 saturated carbocycles. The molecule has 0 bridgehead atoms. The Morgan fingerprint density at radius 1 is 1.37 bits per heavy atom. The zero-order chi connectivity index (χ0) is 13.5. The van der Waals surface area contributed by atoms with Gasteiger partial charge in [0.15, 0.2) is 9.84 Å². The summed E-state index contributed by atoms with van der Waals surface area (Å²) >= 11 is 0. The molecule has 104 valence electrons. The molecule has 0 spiro atoms. The van der Waals surface area contributed by atoms with E-state index in [0.717, 1.165) is 18.7 Å². The van der Waals surface area contributed by atoms with Gasteiger partial charge in [-0.05, 0) is 43.5 Å². The summed E-state index contributed by atoms with van der Waals surface area (Å²) < 4.78 is 23.3. The minimum atomic E-state index is -2.84. The summed E-state index contributed by atoms with van der Waals surface area (Å²) in [6.07, 6.45) is 2.27. The molecule has 1 unspecified atom stereocenters. The predicted octanol–water partition coefficient (Wildman–Crippen LogP) is 1.67. The zero-order valence-corrected chi connectivity index (χ0v) is 12.0. The molecule has 1 saturated heterocycles. The van der Waals surface area contributed by atoms with Crippen molar-refractivity contribution in [2.75, 3.05) is 34.8 Å². The van der Waals surface area contributed by atoms with Crippen LogP contribution >= 0.6 is 0 Å². The topological polar surface area (TPSA) is 49.4 Å². The van der Waals surface area contributed by atoms with Gasteiger partial charge in [-0.25, -0.2) is 8.42 Å². The highest BCUT2D eigenvalue weighted by Crippen LogP contribution is 2.29. The molecule has 2 heterocycles. The predicted molar refractivity (Wildman–Crippen MR) is 78.7 cm³/mol. The summed E-state index contributed by atoms with van der Waals surface area (Å²) in [6, 6.07) is 6.51. The van der Waals surface area contributed by atoms with Crippen LogP contribution in [0, 0.1) is 0 Å². The second kappa shape index (κ2) is 4.71. The van der Waals surface area contributed by atoms with E-state index in [1.165, 1.54) is 17.7 Å². The van der Waals surface area contributed by atoms with Gasteiger partial charge in [-0.1, -0.05) is 0 Å². The number of fused-ring (bicyclic) bond motifs is 1. The first-order valence-corrected chi connectivity index (χ1v) is 8.71. The standard InChI is InChI=1S/C14H20N2O2S/c1-11-10-19(17,18)8-7-16(11)13-4-5-14-12(9-13)3-2-6-15-14/h4-5,9,11,15H,2-3,6-8,10H2,1H3. The van der Waals surface area contributed by atoms with Gasteiger partial charge in [-0.3, -0.25) is 0 Å². The second-order valence-electron chi connectivity index (χ2n) is 5.53. The number of hydrogen-bond donors (Lipinski definition) is 1. The van der Waals surface area contributed by atoms with E-state index in [2.05, 4.69) is 28.4 Å². The first-order chi connectivity index (χ1) is 9.05. The van der Waals surface area contributed by atoms with Gasteiger partial charge >= 0.3 is 0 Å². The lowest BCUT2D eigenvalue weighted by molar-refractivity contribution is 0.568. The number of benzene rings is 1. The molecule has 3 rings (SSSR count). The van der Waals surface area contributed by atoms with Crippen molar-refractivity contribution < 1.29 is 8.42 Å². The minimum absolute atomic E-state index is 0.0633. The van der Waals surface area contributed by atoms with Crippen LogP contribution in [0.1, 0.15) is 18.9 Å². The number of aryl methyl sites for hydroxylation is 1. The smallest absolute Gasteiger partial charge is 0.154 e. The Balaban J connectivity index is 1.86. The number of nitrogens with zero attached hydrogens (tertiary/aromatic N) is 1. The lowest BCUT2D eigenvalue weighted by atomic mass is 10.0. The Kier molecular flexibility index (Phi) is 3.17. The van der Waals surface area contributed by atoms with Crippen LogP contribution in [0.3, 0.4) is 0 Å². The molecule has 2 aliphatic rings. The fourth-order valence-corrected chi connectivity index (χ4v) is 4.58. The largest absolute Gasteiger partial charge is 0.385 e. The van der Waals surface area contributed by atoms with Crippen molar-refractivity contribution in [2.45, 2.75) is 25.8 Å². The Hall–Kier alpha value is -1.23. The molecule has 1 fully saturated rings. The van der Waals surface area contributed by atoms with Crippen molar-refractivity contribution in [3.8, 4) is 0 Å². The number of rotatable bonds is 1. The van der Waals surface area contributed by atoms with E-state index < -0.39 is 9.84 Å². The summed E-state index contributed by atoms with van der Waals surface area (Å²) in [5, 5.41) is 3.40. The van der Waals surface area contributed by atoms with Crippen molar-refractivity contribution in [3.63, 3.8) is 0 Å². The van der Waals surface area contributed by atoms with Crippen LogP contribution in [0.25, 0.3) is 0 Å². The second-order valence-corrected chi connectivity index (χ2v) is 7.76. The van der Waals surface area contributed by atoms with Gasteiger partial charge in [0.05, 0.1) is 11.5 Å². The van der Waals surface area contributed by atoms with Crippen LogP contribution in [0.5, 0.6) is 0 Å². The number of sulfone groups is 1. The minimum Gasteiger partial charge on any atom is -0.385 e. The number of nitrogens with one attached hydrogen (secondary N) is 1. The first kappa shape index (κ1) is 12.8. The van der Waals surface area contributed by atoms with E-state index in [0.29, 0.717) is 6.54 Å². The van der Waals surface area contributed by atoms with Crippen molar-refractivity contribution in [1.29, 1.82) is 0 Å². The van der Waals surface area contributed by atoms with Crippen molar-refractivity contribution in [2.24, 2.45) is 0 Å². The molecule has 1 atom stereocenters. The van der Waals surface area contributed by atoms with Gasteiger partial charge < -0.3 is 10.2 Å². The maximum atomic E-state index is 11.6. The van der Waals surface area contributed by atoms with Crippen molar-refractivity contribution >= 4 is 21.2 Å². The third kappa shape index (κ3) is 2.56. The first-order valence-electron chi connectivity index (χ1n) is 6.89.